The van der Waals surface area contributed by atoms with Gasteiger partial charge in [0.05, 0.1) is 30.4 Å². The van der Waals surface area contributed by atoms with Crippen LogP contribution in [0.3, 0.4) is 0 Å². The van der Waals surface area contributed by atoms with Crippen LogP contribution in [0.25, 0.3) is 5.65 Å². The van der Waals surface area contributed by atoms with Crippen molar-refractivity contribution in [2.45, 2.75) is 29.8 Å². The summed E-state index contributed by atoms with van der Waals surface area (Å²) in [6.07, 6.45) is 6.63. The average molecular weight is 427 g/mol. The van der Waals surface area contributed by atoms with Crippen molar-refractivity contribution < 1.29 is 13.2 Å². The molecule has 2 saturated heterocycles. The predicted molar refractivity (Wildman–Crippen MR) is 109 cm³/mol. The van der Waals surface area contributed by atoms with Gasteiger partial charge in [-0.3, -0.25) is 4.90 Å². The quantitative estimate of drug-likeness (QED) is 0.640. The van der Waals surface area contributed by atoms with Crippen LogP contribution in [-0.4, -0.2) is 90.1 Å². The van der Waals surface area contributed by atoms with E-state index >= 15 is 0 Å². The van der Waals surface area contributed by atoms with Gasteiger partial charge >= 0.3 is 0 Å². The van der Waals surface area contributed by atoms with Gasteiger partial charge in [0.25, 0.3) is 0 Å². The highest BCUT2D eigenvalue weighted by Gasteiger charge is 2.27. The Hall–Kier alpha value is -1.43. The van der Waals surface area contributed by atoms with E-state index in [0.29, 0.717) is 37.8 Å². The van der Waals surface area contributed by atoms with Crippen molar-refractivity contribution in [3.05, 3.63) is 11.9 Å². The third kappa shape index (κ3) is 4.27. The normalized spacial score (nSPS) is 20.1. The molecule has 28 heavy (non-hydrogen) atoms. The van der Waals surface area contributed by atoms with Crippen molar-refractivity contribution in [3.8, 4) is 0 Å². The van der Waals surface area contributed by atoms with Gasteiger partial charge in [-0.25, -0.2) is 17.9 Å². The smallest absolute Gasteiger partial charge is 0.209 e. The van der Waals surface area contributed by atoms with Crippen LogP contribution in [0.15, 0.2) is 11.4 Å². The third-order valence-corrected chi connectivity index (χ3v) is 7.57. The molecule has 2 aromatic rings. The first-order valence-corrected chi connectivity index (χ1v) is 12.7. The van der Waals surface area contributed by atoms with Gasteiger partial charge in [-0.2, -0.15) is 4.98 Å². The van der Waals surface area contributed by atoms with Gasteiger partial charge in [0, 0.05) is 25.9 Å². The molecule has 0 aliphatic carbocycles. The lowest BCUT2D eigenvalue weighted by molar-refractivity contribution is 0.122. The fourth-order valence-electron chi connectivity index (χ4n) is 3.78. The first kappa shape index (κ1) is 19.9. The van der Waals surface area contributed by atoms with E-state index in [-0.39, 0.29) is 5.25 Å². The highest BCUT2D eigenvalue weighted by atomic mass is 32.2. The molecule has 4 heterocycles. The number of ether oxygens (including phenoxy) is 1. The summed E-state index contributed by atoms with van der Waals surface area (Å²) in [7, 11) is -2.95. The van der Waals surface area contributed by atoms with Crippen LogP contribution >= 0.6 is 11.8 Å². The van der Waals surface area contributed by atoms with E-state index in [1.54, 1.807) is 0 Å². The van der Waals surface area contributed by atoms with Crippen LogP contribution in [0.2, 0.25) is 0 Å². The van der Waals surface area contributed by atoms with Crippen molar-refractivity contribution in [3.63, 3.8) is 0 Å². The minimum absolute atomic E-state index is 0.215. The van der Waals surface area contributed by atoms with Crippen molar-refractivity contribution in [1.82, 2.24) is 24.5 Å². The molecule has 2 aliphatic rings. The lowest BCUT2D eigenvalue weighted by Gasteiger charge is -2.30. The number of sulfone groups is 1. The number of imidazole rings is 1. The summed E-state index contributed by atoms with van der Waals surface area (Å²) in [6.45, 7) is 5.19. The lowest BCUT2D eigenvalue weighted by Crippen LogP contribution is -2.38. The highest BCUT2D eigenvalue weighted by Crippen LogP contribution is 2.24. The Bertz CT molecular complexity index is 934. The van der Waals surface area contributed by atoms with Gasteiger partial charge in [-0.05, 0) is 32.2 Å². The van der Waals surface area contributed by atoms with Crippen LogP contribution in [0, 0.1) is 0 Å². The van der Waals surface area contributed by atoms with Crippen molar-refractivity contribution >= 4 is 33.1 Å². The summed E-state index contributed by atoms with van der Waals surface area (Å²) in [5.41, 5.74) is 1.69. The van der Waals surface area contributed by atoms with Crippen molar-refractivity contribution in [2.75, 3.05) is 56.8 Å². The van der Waals surface area contributed by atoms with Crippen LogP contribution in [-0.2, 0) is 21.1 Å². The van der Waals surface area contributed by atoms with Gasteiger partial charge in [-0.15, -0.1) is 5.10 Å². The molecule has 154 valence electrons. The second-order valence-corrected chi connectivity index (χ2v) is 10.4. The molecular formula is C17H26N6O3S2. The summed E-state index contributed by atoms with van der Waals surface area (Å²) >= 11 is 1.51. The highest BCUT2D eigenvalue weighted by molar-refractivity contribution is 7.98. The lowest BCUT2D eigenvalue weighted by atomic mass is 10.1. The predicted octanol–water partition coefficient (Wildman–Crippen LogP) is 0.692. The number of likely N-dealkylation sites (tertiary alicyclic amines) is 1. The number of anilines is 1. The maximum Gasteiger partial charge on any atom is 0.209 e. The zero-order valence-electron chi connectivity index (χ0n) is 16.2. The Balaban J connectivity index is 1.54. The molecule has 0 amide bonds. The summed E-state index contributed by atoms with van der Waals surface area (Å²) in [5.74, 6) is 0.852. The SMILES string of the molecule is CSc1nc(N2CCOCC2)c2nc(CN3CCC(S(C)(=O)=O)CC3)cn2n1. The molecule has 0 atom stereocenters. The molecule has 2 aliphatic heterocycles. The number of thioether (sulfide) groups is 1. The third-order valence-electron chi connectivity index (χ3n) is 5.35. The molecule has 0 unspecified atom stereocenters. The molecular weight excluding hydrogens is 400 g/mol. The van der Waals surface area contributed by atoms with Crippen LogP contribution < -0.4 is 4.90 Å². The monoisotopic (exact) mass is 426 g/mol. The summed E-state index contributed by atoms with van der Waals surface area (Å²) in [5, 5.41) is 5.06. The minimum atomic E-state index is -2.95. The maximum atomic E-state index is 11.8. The zero-order valence-corrected chi connectivity index (χ0v) is 17.9. The van der Waals surface area contributed by atoms with E-state index in [1.807, 2.05) is 17.0 Å². The first-order chi connectivity index (χ1) is 13.4. The number of nitrogens with zero attached hydrogens (tertiary/aromatic N) is 6. The van der Waals surface area contributed by atoms with Crippen molar-refractivity contribution in [1.29, 1.82) is 0 Å². The fourth-order valence-corrected chi connectivity index (χ4v) is 5.19. The first-order valence-electron chi connectivity index (χ1n) is 9.48. The molecule has 0 spiro atoms. The van der Waals surface area contributed by atoms with Crippen LogP contribution in [0.4, 0.5) is 5.82 Å². The average Bonchev–Trinajstić information content (AvgIpc) is 3.09. The van der Waals surface area contributed by atoms with E-state index in [1.165, 1.54) is 18.0 Å². The number of piperidine rings is 1. The molecule has 0 N–H and O–H groups in total. The number of rotatable bonds is 5. The van der Waals surface area contributed by atoms with E-state index in [4.69, 9.17) is 14.7 Å². The van der Waals surface area contributed by atoms with Gasteiger partial charge in [0.1, 0.15) is 9.84 Å². The summed E-state index contributed by atoms with van der Waals surface area (Å²) in [4.78, 5) is 14.0. The van der Waals surface area contributed by atoms with Crippen LogP contribution in [0.1, 0.15) is 18.5 Å². The number of morpholine rings is 1. The largest absolute Gasteiger partial charge is 0.378 e. The summed E-state index contributed by atoms with van der Waals surface area (Å²) < 4.78 is 30.8. The Morgan fingerprint density at radius 1 is 1.18 bits per heavy atom. The zero-order chi connectivity index (χ0) is 19.7. The van der Waals surface area contributed by atoms with Gasteiger partial charge < -0.3 is 9.64 Å². The Morgan fingerprint density at radius 3 is 2.54 bits per heavy atom. The number of aromatic nitrogens is 4. The molecule has 2 fully saturated rings. The Labute approximate surface area is 169 Å². The number of fused-ring (bicyclic) bond motifs is 1. The van der Waals surface area contributed by atoms with E-state index < -0.39 is 9.84 Å². The molecule has 2 aromatic heterocycles. The fraction of sp³-hybridized carbons (Fsp3) is 0.706. The summed E-state index contributed by atoms with van der Waals surface area (Å²) in [6, 6.07) is 0. The molecule has 0 bridgehead atoms. The van der Waals surface area contributed by atoms with Crippen molar-refractivity contribution in [2.24, 2.45) is 0 Å². The standard InChI is InChI=1S/C17H26N6O3S2/c1-27-17-19-15(22-7-9-26-10-8-22)16-18-13(12-23(16)20-17)11-21-5-3-14(4-6-21)28(2,24)25/h12,14H,3-11H2,1-2H3. The van der Waals surface area contributed by atoms with E-state index in [9.17, 15) is 8.42 Å². The second kappa shape index (κ2) is 8.13. The molecule has 0 saturated carbocycles. The topological polar surface area (TPSA) is 92.9 Å². The van der Waals surface area contributed by atoms with Gasteiger partial charge in [-0.1, -0.05) is 11.8 Å². The molecule has 11 heteroatoms. The molecule has 4 rings (SSSR count). The number of hydrogen-bond acceptors (Lipinski definition) is 9. The molecule has 0 radical (unpaired) electrons. The van der Waals surface area contributed by atoms with Gasteiger partial charge in [0.2, 0.25) is 5.16 Å². The maximum absolute atomic E-state index is 11.8. The Morgan fingerprint density at radius 2 is 1.89 bits per heavy atom. The molecule has 0 aromatic carbocycles. The minimum Gasteiger partial charge on any atom is -0.378 e. The van der Waals surface area contributed by atoms with E-state index in [2.05, 4.69) is 14.9 Å². The molecule has 9 nitrogen and oxygen atoms in total. The Kier molecular flexibility index (Phi) is 5.77. The van der Waals surface area contributed by atoms with Gasteiger partial charge in [0.15, 0.2) is 11.5 Å². The number of hydrogen-bond donors (Lipinski definition) is 0. The second-order valence-electron chi connectivity index (χ2n) is 7.33. The van der Waals surface area contributed by atoms with E-state index in [0.717, 1.165) is 43.3 Å². The van der Waals surface area contributed by atoms with Crippen LogP contribution in [0.5, 0.6) is 0 Å².